The summed E-state index contributed by atoms with van der Waals surface area (Å²) >= 11 is 0. The quantitative estimate of drug-likeness (QED) is 0.277. The van der Waals surface area contributed by atoms with Crippen LogP contribution < -0.4 is 27.4 Å². The highest BCUT2D eigenvalue weighted by molar-refractivity contribution is 5.94. The zero-order chi connectivity index (χ0) is 25.4. The number of nitrogen functional groups attached to an aromatic ring is 1. The Bertz CT molecular complexity index is 973. The Morgan fingerprint density at radius 3 is 2.60 bits per heavy atom. The van der Waals surface area contributed by atoms with Gasteiger partial charge in [-0.1, -0.05) is 43.5 Å². The zero-order valence-corrected chi connectivity index (χ0v) is 20.0. The van der Waals surface area contributed by atoms with Gasteiger partial charge in [0, 0.05) is 5.69 Å². The van der Waals surface area contributed by atoms with E-state index in [4.69, 9.17) is 16.2 Å². The fourth-order valence-electron chi connectivity index (χ4n) is 4.61. The predicted molar refractivity (Wildman–Crippen MR) is 131 cm³/mol. The zero-order valence-electron chi connectivity index (χ0n) is 20.0. The van der Waals surface area contributed by atoms with Gasteiger partial charge in [0.15, 0.2) is 0 Å². The average Bonchev–Trinajstić information content (AvgIpc) is 2.83. The van der Waals surface area contributed by atoms with E-state index in [2.05, 4.69) is 16.0 Å². The molecule has 3 rings (SSSR count). The summed E-state index contributed by atoms with van der Waals surface area (Å²) in [5, 5.41) is 8.30. The van der Waals surface area contributed by atoms with Crippen molar-refractivity contribution in [3.63, 3.8) is 0 Å². The van der Waals surface area contributed by atoms with Crippen molar-refractivity contribution in [2.75, 3.05) is 5.73 Å². The van der Waals surface area contributed by atoms with Crippen molar-refractivity contribution < 1.29 is 23.9 Å². The Hall–Kier alpha value is -3.56. The summed E-state index contributed by atoms with van der Waals surface area (Å²) in [6.45, 7) is 1.53. The minimum atomic E-state index is -1.12. The van der Waals surface area contributed by atoms with Crippen molar-refractivity contribution >= 4 is 29.5 Å². The number of primary amides is 1. The van der Waals surface area contributed by atoms with Crippen LogP contribution in [0.15, 0.2) is 36.4 Å². The largest absolute Gasteiger partial charge is 0.445 e. The molecule has 10 nitrogen and oxygen atoms in total. The van der Waals surface area contributed by atoms with E-state index in [1.165, 1.54) is 6.92 Å². The fourth-order valence-corrected chi connectivity index (χ4v) is 4.61. The maximum atomic E-state index is 13.4. The van der Waals surface area contributed by atoms with Gasteiger partial charge in [-0.05, 0) is 50.3 Å². The van der Waals surface area contributed by atoms with Gasteiger partial charge in [-0.15, -0.1) is 0 Å². The van der Waals surface area contributed by atoms with Gasteiger partial charge in [0.1, 0.15) is 18.2 Å². The first kappa shape index (κ1) is 26.1. The molecule has 0 spiro atoms. The van der Waals surface area contributed by atoms with Crippen LogP contribution in [0, 0.1) is 5.92 Å². The van der Waals surface area contributed by atoms with Crippen LogP contribution in [-0.4, -0.2) is 41.4 Å². The summed E-state index contributed by atoms with van der Waals surface area (Å²) in [5.41, 5.74) is 11.4. The molecule has 4 amide bonds. The van der Waals surface area contributed by atoms with Gasteiger partial charge in [0.25, 0.3) is 0 Å². The first-order valence-electron chi connectivity index (χ1n) is 12.1. The van der Waals surface area contributed by atoms with Crippen molar-refractivity contribution in [3.05, 3.63) is 42.0 Å². The van der Waals surface area contributed by atoms with E-state index in [0.717, 1.165) is 31.2 Å². The molecule has 1 fully saturated rings. The average molecular weight is 486 g/mol. The van der Waals surface area contributed by atoms with Gasteiger partial charge in [0.05, 0.1) is 12.0 Å². The molecule has 190 valence electrons. The summed E-state index contributed by atoms with van der Waals surface area (Å²) in [7, 11) is 0. The van der Waals surface area contributed by atoms with Crippen LogP contribution in [0.5, 0.6) is 0 Å². The number of nitrogens with two attached hydrogens (primary N) is 2. The lowest BCUT2D eigenvalue weighted by Crippen LogP contribution is -2.64. The molecule has 0 radical (unpaired) electrons. The van der Waals surface area contributed by atoms with Crippen LogP contribution >= 0.6 is 0 Å². The van der Waals surface area contributed by atoms with Crippen molar-refractivity contribution in [3.8, 4) is 0 Å². The molecule has 0 bridgehead atoms. The SMILES string of the molecule is C[C@H](NC(=O)OCc1cccc(N)c1)C(=O)NC1(C(=O)N[C@@H]2C=CCC[C@@H]2C(N)=O)CCCCC1. The number of benzene rings is 1. The van der Waals surface area contributed by atoms with E-state index >= 15 is 0 Å². The lowest BCUT2D eigenvalue weighted by atomic mass is 9.79. The fraction of sp³-hybridized carbons (Fsp3) is 0.520. The van der Waals surface area contributed by atoms with Gasteiger partial charge in [-0.25, -0.2) is 4.79 Å². The number of amides is 4. The van der Waals surface area contributed by atoms with Gasteiger partial charge in [-0.2, -0.15) is 0 Å². The van der Waals surface area contributed by atoms with Crippen molar-refractivity contribution in [2.24, 2.45) is 11.7 Å². The molecule has 2 aliphatic carbocycles. The summed E-state index contributed by atoms with van der Waals surface area (Å²) in [6.07, 6.45) is 7.68. The molecule has 0 saturated heterocycles. The molecule has 0 aromatic heterocycles. The second-order valence-electron chi connectivity index (χ2n) is 9.33. The second kappa shape index (κ2) is 11.7. The standard InChI is InChI=1S/C25H35N5O5/c1-16(28-24(34)35-15-17-8-7-9-18(26)14-17)22(32)30-25(12-5-2-6-13-25)23(33)29-20-11-4-3-10-19(20)21(27)31/h4,7-9,11,14,16,19-20H,2-3,5-6,10,12-13,15,26H2,1H3,(H2,27,31)(H,28,34)(H,29,33)(H,30,32)/t16-,19-,20+/m0/s1. The molecule has 0 heterocycles. The molecule has 35 heavy (non-hydrogen) atoms. The Morgan fingerprint density at radius 1 is 1.17 bits per heavy atom. The summed E-state index contributed by atoms with van der Waals surface area (Å²) in [6, 6.07) is 5.51. The van der Waals surface area contributed by atoms with E-state index in [-0.39, 0.29) is 12.5 Å². The van der Waals surface area contributed by atoms with Gasteiger partial charge >= 0.3 is 6.09 Å². The first-order chi connectivity index (χ1) is 16.7. The van der Waals surface area contributed by atoms with E-state index in [0.29, 0.717) is 24.9 Å². The van der Waals surface area contributed by atoms with Crippen molar-refractivity contribution in [1.82, 2.24) is 16.0 Å². The molecule has 7 N–H and O–H groups in total. The molecule has 1 saturated carbocycles. The minimum absolute atomic E-state index is 0.00743. The molecule has 0 unspecified atom stereocenters. The van der Waals surface area contributed by atoms with E-state index in [1.807, 2.05) is 6.08 Å². The highest BCUT2D eigenvalue weighted by atomic mass is 16.5. The van der Waals surface area contributed by atoms with Crippen LogP contribution in [0.3, 0.4) is 0 Å². The number of hydrogen-bond donors (Lipinski definition) is 5. The Balaban J connectivity index is 1.60. The minimum Gasteiger partial charge on any atom is -0.445 e. The Morgan fingerprint density at radius 2 is 1.91 bits per heavy atom. The third-order valence-electron chi connectivity index (χ3n) is 6.64. The molecule has 1 aromatic rings. The molecule has 0 aliphatic heterocycles. The Labute approximate surface area is 205 Å². The number of rotatable bonds is 8. The highest BCUT2D eigenvalue weighted by Gasteiger charge is 2.43. The van der Waals surface area contributed by atoms with Crippen LogP contribution in [0.2, 0.25) is 0 Å². The summed E-state index contributed by atoms with van der Waals surface area (Å²) in [5.74, 6) is -1.79. The highest BCUT2D eigenvalue weighted by Crippen LogP contribution is 2.30. The van der Waals surface area contributed by atoms with Gasteiger partial charge in [-0.3, -0.25) is 14.4 Å². The van der Waals surface area contributed by atoms with Crippen LogP contribution in [0.25, 0.3) is 0 Å². The third kappa shape index (κ3) is 6.97. The number of carbonyl (C=O) groups excluding carboxylic acids is 4. The van der Waals surface area contributed by atoms with E-state index in [9.17, 15) is 19.2 Å². The number of carbonyl (C=O) groups is 4. The molecule has 10 heteroatoms. The maximum absolute atomic E-state index is 13.4. The normalized spacial score (nSPS) is 21.9. The molecule has 1 aromatic carbocycles. The lowest BCUT2D eigenvalue weighted by molar-refractivity contribution is -0.136. The lowest BCUT2D eigenvalue weighted by Gasteiger charge is -2.39. The first-order valence-corrected chi connectivity index (χ1v) is 12.1. The third-order valence-corrected chi connectivity index (χ3v) is 6.64. The maximum Gasteiger partial charge on any atom is 0.408 e. The van der Waals surface area contributed by atoms with Crippen LogP contribution in [0.4, 0.5) is 10.5 Å². The number of hydrogen-bond acceptors (Lipinski definition) is 6. The van der Waals surface area contributed by atoms with Crippen LogP contribution in [0.1, 0.15) is 57.4 Å². The van der Waals surface area contributed by atoms with Crippen molar-refractivity contribution in [2.45, 2.75) is 76.1 Å². The topological polar surface area (TPSA) is 166 Å². The van der Waals surface area contributed by atoms with E-state index in [1.54, 1.807) is 30.3 Å². The van der Waals surface area contributed by atoms with Crippen molar-refractivity contribution in [1.29, 1.82) is 0 Å². The van der Waals surface area contributed by atoms with E-state index < -0.39 is 41.4 Å². The number of nitrogens with one attached hydrogen (secondary N) is 3. The van der Waals surface area contributed by atoms with Crippen LogP contribution in [-0.2, 0) is 25.7 Å². The molecule has 3 atom stereocenters. The number of allylic oxidation sites excluding steroid dienone is 1. The predicted octanol–water partition coefficient (Wildman–Crippen LogP) is 1.64. The smallest absolute Gasteiger partial charge is 0.408 e. The second-order valence-corrected chi connectivity index (χ2v) is 9.33. The number of alkyl carbamates (subject to hydrolysis) is 1. The van der Waals surface area contributed by atoms with Gasteiger partial charge < -0.3 is 32.2 Å². The van der Waals surface area contributed by atoms with Gasteiger partial charge in [0.2, 0.25) is 17.7 Å². The molecular weight excluding hydrogens is 450 g/mol. The number of anilines is 1. The monoisotopic (exact) mass is 485 g/mol. The molecule has 2 aliphatic rings. The number of ether oxygens (including phenoxy) is 1. The summed E-state index contributed by atoms with van der Waals surface area (Å²) in [4.78, 5) is 50.4. The Kier molecular flexibility index (Phi) is 8.73. The summed E-state index contributed by atoms with van der Waals surface area (Å²) < 4.78 is 5.18. The molecular formula is C25H35N5O5.